The maximum Gasteiger partial charge on any atom is 0.159 e. The zero-order valence-electron chi connectivity index (χ0n) is 11.4. The Morgan fingerprint density at radius 1 is 1.05 bits per heavy atom. The van der Waals surface area contributed by atoms with E-state index >= 15 is 0 Å². The van der Waals surface area contributed by atoms with Gasteiger partial charge < -0.3 is 10.5 Å². The maximum absolute atomic E-state index is 11.2. The molecule has 0 aliphatic heterocycles. The number of ketones is 1. The number of nitrogen functional groups attached to an aromatic ring is 1. The molecule has 0 aliphatic rings. The van der Waals surface area contributed by atoms with Gasteiger partial charge in [0.25, 0.3) is 0 Å². The SMILES string of the molecule is CC(=O)c1ccc(Oc2cc(C)c(N)cc2C)cc1. The number of hydrogen-bond donors (Lipinski definition) is 1. The van der Waals surface area contributed by atoms with Crippen LogP contribution in [0.3, 0.4) is 0 Å². The van der Waals surface area contributed by atoms with Gasteiger partial charge in [-0.2, -0.15) is 0 Å². The van der Waals surface area contributed by atoms with Crippen LogP contribution in [-0.2, 0) is 0 Å². The first-order valence-electron chi connectivity index (χ1n) is 6.13. The molecule has 2 aromatic rings. The van der Waals surface area contributed by atoms with Crippen molar-refractivity contribution in [3.8, 4) is 11.5 Å². The van der Waals surface area contributed by atoms with Crippen LogP contribution >= 0.6 is 0 Å². The first-order chi connectivity index (χ1) is 8.97. The predicted molar refractivity (Wildman–Crippen MR) is 76.8 cm³/mol. The third-order valence-electron chi connectivity index (χ3n) is 3.05. The van der Waals surface area contributed by atoms with Gasteiger partial charge in [0.2, 0.25) is 0 Å². The van der Waals surface area contributed by atoms with Gasteiger partial charge in [-0.05, 0) is 68.3 Å². The molecule has 0 amide bonds. The number of ether oxygens (including phenoxy) is 1. The van der Waals surface area contributed by atoms with Crippen molar-refractivity contribution >= 4 is 11.5 Å². The molecule has 0 spiro atoms. The van der Waals surface area contributed by atoms with E-state index in [9.17, 15) is 4.79 Å². The third-order valence-corrected chi connectivity index (χ3v) is 3.05. The second-order valence-corrected chi connectivity index (χ2v) is 4.66. The Kier molecular flexibility index (Phi) is 3.56. The monoisotopic (exact) mass is 255 g/mol. The number of nitrogens with two attached hydrogens (primary N) is 1. The molecule has 2 aromatic carbocycles. The van der Waals surface area contributed by atoms with Crippen molar-refractivity contribution in [3.63, 3.8) is 0 Å². The number of anilines is 1. The molecule has 0 saturated heterocycles. The van der Waals surface area contributed by atoms with E-state index in [0.29, 0.717) is 11.3 Å². The summed E-state index contributed by atoms with van der Waals surface area (Å²) in [5, 5.41) is 0. The van der Waals surface area contributed by atoms with Gasteiger partial charge in [-0.25, -0.2) is 0 Å². The largest absolute Gasteiger partial charge is 0.457 e. The Hall–Kier alpha value is -2.29. The quantitative estimate of drug-likeness (QED) is 0.669. The number of hydrogen-bond acceptors (Lipinski definition) is 3. The van der Waals surface area contributed by atoms with Gasteiger partial charge in [-0.15, -0.1) is 0 Å². The minimum absolute atomic E-state index is 0.0473. The van der Waals surface area contributed by atoms with Crippen molar-refractivity contribution in [2.24, 2.45) is 0 Å². The number of rotatable bonds is 3. The van der Waals surface area contributed by atoms with E-state index in [4.69, 9.17) is 10.5 Å². The Balaban J connectivity index is 2.26. The van der Waals surface area contributed by atoms with Crippen LogP contribution in [0, 0.1) is 13.8 Å². The molecule has 0 unspecified atom stereocenters. The summed E-state index contributed by atoms with van der Waals surface area (Å²) < 4.78 is 5.81. The first-order valence-corrected chi connectivity index (χ1v) is 6.13. The molecule has 98 valence electrons. The highest BCUT2D eigenvalue weighted by Gasteiger charge is 2.05. The lowest BCUT2D eigenvalue weighted by molar-refractivity contribution is 0.101. The molecule has 2 N–H and O–H groups in total. The van der Waals surface area contributed by atoms with Crippen LogP contribution in [0.2, 0.25) is 0 Å². The normalized spacial score (nSPS) is 10.3. The summed E-state index contributed by atoms with van der Waals surface area (Å²) in [6, 6.07) is 10.9. The minimum atomic E-state index is 0.0473. The summed E-state index contributed by atoms with van der Waals surface area (Å²) in [4.78, 5) is 11.2. The molecule has 3 heteroatoms. The van der Waals surface area contributed by atoms with Crippen molar-refractivity contribution in [1.82, 2.24) is 0 Å². The van der Waals surface area contributed by atoms with E-state index in [-0.39, 0.29) is 5.78 Å². The van der Waals surface area contributed by atoms with Crippen molar-refractivity contribution in [2.45, 2.75) is 20.8 Å². The van der Waals surface area contributed by atoms with Crippen LogP contribution in [0.1, 0.15) is 28.4 Å². The van der Waals surface area contributed by atoms with Crippen LogP contribution in [0.4, 0.5) is 5.69 Å². The van der Waals surface area contributed by atoms with E-state index in [1.54, 1.807) is 31.2 Å². The van der Waals surface area contributed by atoms with Gasteiger partial charge in [-0.3, -0.25) is 4.79 Å². The molecule has 19 heavy (non-hydrogen) atoms. The molecule has 3 nitrogen and oxygen atoms in total. The Morgan fingerprint density at radius 2 is 1.68 bits per heavy atom. The average molecular weight is 255 g/mol. The van der Waals surface area contributed by atoms with Gasteiger partial charge >= 0.3 is 0 Å². The summed E-state index contributed by atoms with van der Waals surface area (Å²) in [7, 11) is 0. The predicted octanol–water partition coefficient (Wildman–Crippen LogP) is 3.88. The molecule has 0 fully saturated rings. The topological polar surface area (TPSA) is 52.3 Å². The van der Waals surface area contributed by atoms with E-state index in [2.05, 4.69) is 0 Å². The summed E-state index contributed by atoms with van der Waals surface area (Å²) in [5.74, 6) is 1.53. The van der Waals surface area contributed by atoms with E-state index < -0.39 is 0 Å². The maximum atomic E-state index is 11.2. The van der Waals surface area contributed by atoms with Gasteiger partial charge in [0.05, 0.1) is 0 Å². The van der Waals surface area contributed by atoms with Crippen LogP contribution in [0.5, 0.6) is 11.5 Å². The first kappa shape index (κ1) is 13.1. The Labute approximate surface area is 113 Å². The van der Waals surface area contributed by atoms with E-state index in [1.807, 2.05) is 26.0 Å². The van der Waals surface area contributed by atoms with Gasteiger partial charge in [0, 0.05) is 11.3 Å². The number of carbonyl (C=O) groups excluding carboxylic acids is 1. The zero-order valence-corrected chi connectivity index (χ0v) is 11.4. The lowest BCUT2D eigenvalue weighted by atomic mass is 10.1. The minimum Gasteiger partial charge on any atom is -0.457 e. The van der Waals surface area contributed by atoms with Gasteiger partial charge in [-0.1, -0.05) is 0 Å². The smallest absolute Gasteiger partial charge is 0.159 e. The van der Waals surface area contributed by atoms with Crippen LogP contribution in [0.15, 0.2) is 36.4 Å². The fourth-order valence-corrected chi connectivity index (χ4v) is 1.81. The van der Waals surface area contributed by atoms with Gasteiger partial charge in [0.1, 0.15) is 11.5 Å². The molecule has 0 radical (unpaired) electrons. The third kappa shape index (κ3) is 2.94. The zero-order chi connectivity index (χ0) is 14.0. The molecular formula is C16H17NO2. The fraction of sp³-hybridized carbons (Fsp3) is 0.188. The number of benzene rings is 2. The lowest BCUT2D eigenvalue weighted by Gasteiger charge is -2.11. The highest BCUT2D eigenvalue weighted by atomic mass is 16.5. The van der Waals surface area contributed by atoms with Crippen LogP contribution < -0.4 is 10.5 Å². The molecule has 0 atom stereocenters. The highest BCUT2D eigenvalue weighted by Crippen LogP contribution is 2.29. The van der Waals surface area contributed by atoms with Crippen molar-refractivity contribution in [2.75, 3.05) is 5.73 Å². The molecule has 0 heterocycles. The lowest BCUT2D eigenvalue weighted by Crippen LogP contribution is -1.95. The average Bonchev–Trinajstić information content (AvgIpc) is 2.36. The van der Waals surface area contributed by atoms with Gasteiger partial charge in [0.15, 0.2) is 5.78 Å². The second-order valence-electron chi connectivity index (χ2n) is 4.66. The van der Waals surface area contributed by atoms with Crippen molar-refractivity contribution in [3.05, 3.63) is 53.1 Å². The van der Waals surface area contributed by atoms with E-state index in [1.165, 1.54) is 0 Å². The molecule has 0 saturated carbocycles. The fourth-order valence-electron chi connectivity index (χ4n) is 1.81. The van der Waals surface area contributed by atoms with Crippen molar-refractivity contribution in [1.29, 1.82) is 0 Å². The summed E-state index contributed by atoms with van der Waals surface area (Å²) in [5.41, 5.74) is 9.25. The number of Topliss-reactive ketones (excluding diaryl/α,β-unsaturated/α-hetero) is 1. The second kappa shape index (κ2) is 5.14. The summed E-state index contributed by atoms with van der Waals surface area (Å²) >= 11 is 0. The number of carbonyl (C=O) groups is 1. The molecule has 0 aromatic heterocycles. The summed E-state index contributed by atoms with van der Waals surface area (Å²) in [6.45, 7) is 5.44. The molecule has 0 bridgehead atoms. The van der Waals surface area contributed by atoms with Crippen LogP contribution in [-0.4, -0.2) is 5.78 Å². The molecule has 2 rings (SSSR count). The Morgan fingerprint density at radius 3 is 2.26 bits per heavy atom. The Bertz CT molecular complexity index is 615. The molecule has 0 aliphatic carbocycles. The molecular weight excluding hydrogens is 238 g/mol. The highest BCUT2D eigenvalue weighted by molar-refractivity contribution is 5.94. The summed E-state index contributed by atoms with van der Waals surface area (Å²) in [6.07, 6.45) is 0. The number of aryl methyl sites for hydroxylation is 2. The van der Waals surface area contributed by atoms with E-state index in [0.717, 1.165) is 22.6 Å². The standard InChI is InChI=1S/C16H17NO2/c1-10-9-16(11(2)8-15(10)17)19-14-6-4-13(5-7-14)12(3)18/h4-9H,17H2,1-3H3. The van der Waals surface area contributed by atoms with Crippen molar-refractivity contribution < 1.29 is 9.53 Å². The van der Waals surface area contributed by atoms with Crippen LogP contribution in [0.25, 0.3) is 0 Å².